The predicted octanol–water partition coefficient (Wildman–Crippen LogP) is 1.92. The molecule has 1 atom stereocenters. The van der Waals surface area contributed by atoms with Crippen LogP contribution in [0.25, 0.3) is 0 Å². The van der Waals surface area contributed by atoms with E-state index in [1.807, 2.05) is 0 Å². The summed E-state index contributed by atoms with van der Waals surface area (Å²) in [4.78, 5) is 12.3. The number of para-hydroxylation sites is 1. The molecule has 1 aliphatic heterocycles. The van der Waals surface area contributed by atoms with E-state index >= 15 is 0 Å². The van der Waals surface area contributed by atoms with E-state index in [1.54, 1.807) is 54.6 Å². The van der Waals surface area contributed by atoms with Crippen LogP contribution in [0.3, 0.4) is 0 Å². The van der Waals surface area contributed by atoms with Gasteiger partial charge in [0.05, 0.1) is 5.69 Å². The third kappa shape index (κ3) is 1.24. The summed E-state index contributed by atoms with van der Waals surface area (Å²) in [7, 11) is 0. The first-order valence-electron chi connectivity index (χ1n) is 5.56. The van der Waals surface area contributed by atoms with E-state index in [0.717, 1.165) is 0 Å². The number of carbonyl (C=O) groups is 1. The maximum atomic E-state index is 12.3. The van der Waals surface area contributed by atoms with Crippen LogP contribution in [0.1, 0.15) is 15.9 Å². The maximum absolute atomic E-state index is 12.3. The molecule has 0 spiro atoms. The van der Waals surface area contributed by atoms with Crippen molar-refractivity contribution in [2.45, 2.75) is 5.72 Å². The van der Waals surface area contributed by atoms with Gasteiger partial charge in [0.2, 0.25) is 5.78 Å². The SMILES string of the molecule is O=C1c2ccccc2N(O)C1(O)c1ccccc1. The smallest absolute Gasteiger partial charge is 0.252 e. The Balaban J connectivity index is 2.20. The van der Waals surface area contributed by atoms with Gasteiger partial charge in [0.25, 0.3) is 5.72 Å². The summed E-state index contributed by atoms with van der Waals surface area (Å²) in [6, 6.07) is 15.0. The number of hydrogen-bond donors (Lipinski definition) is 2. The van der Waals surface area contributed by atoms with Gasteiger partial charge >= 0.3 is 0 Å². The maximum Gasteiger partial charge on any atom is 0.252 e. The summed E-state index contributed by atoms with van der Waals surface area (Å²) in [5.74, 6) is -0.521. The van der Waals surface area contributed by atoms with Gasteiger partial charge in [0.1, 0.15) is 0 Å². The molecule has 1 unspecified atom stereocenters. The number of Topliss-reactive ketones (excluding diaryl/α,β-unsaturated/α-hetero) is 1. The highest BCUT2D eigenvalue weighted by atomic mass is 16.5. The molecule has 18 heavy (non-hydrogen) atoms. The number of carbonyl (C=O) groups excluding carboxylic acids is 1. The third-order valence-corrected chi connectivity index (χ3v) is 3.18. The summed E-state index contributed by atoms with van der Waals surface area (Å²) in [6.07, 6.45) is 0. The number of hydrogen-bond acceptors (Lipinski definition) is 4. The summed E-state index contributed by atoms with van der Waals surface area (Å²) >= 11 is 0. The number of ketones is 1. The Morgan fingerprint density at radius 2 is 1.56 bits per heavy atom. The lowest BCUT2D eigenvalue weighted by Crippen LogP contribution is -2.45. The van der Waals surface area contributed by atoms with Crippen molar-refractivity contribution in [2.24, 2.45) is 0 Å². The zero-order chi connectivity index (χ0) is 12.8. The Hall–Kier alpha value is -2.17. The fourth-order valence-corrected chi connectivity index (χ4v) is 2.23. The number of rotatable bonds is 1. The van der Waals surface area contributed by atoms with Gasteiger partial charge in [-0.25, -0.2) is 5.06 Å². The van der Waals surface area contributed by atoms with Crippen LogP contribution in [-0.4, -0.2) is 16.1 Å². The molecule has 0 aliphatic carbocycles. The molecule has 0 radical (unpaired) electrons. The number of benzene rings is 2. The number of aliphatic hydroxyl groups is 1. The van der Waals surface area contributed by atoms with Gasteiger partial charge in [-0.05, 0) is 12.1 Å². The summed E-state index contributed by atoms with van der Waals surface area (Å²) in [5, 5.41) is 21.3. The van der Waals surface area contributed by atoms with Crippen molar-refractivity contribution in [3.05, 3.63) is 65.7 Å². The highest BCUT2D eigenvalue weighted by Crippen LogP contribution is 2.41. The number of nitrogens with zero attached hydrogens (tertiary/aromatic N) is 1. The molecule has 3 rings (SSSR count). The normalized spacial score (nSPS) is 22.1. The quantitative estimate of drug-likeness (QED) is 0.800. The van der Waals surface area contributed by atoms with Crippen LogP contribution in [0.15, 0.2) is 54.6 Å². The van der Waals surface area contributed by atoms with E-state index in [4.69, 9.17) is 0 Å². The lowest BCUT2D eigenvalue weighted by atomic mass is 9.97. The first kappa shape index (κ1) is 11.0. The van der Waals surface area contributed by atoms with Crippen molar-refractivity contribution in [1.82, 2.24) is 0 Å². The van der Waals surface area contributed by atoms with E-state index in [-0.39, 0.29) is 0 Å². The molecule has 2 aromatic rings. The highest BCUT2D eigenvalue weighted by molar-refractivity contribution is 6.12. The average Bonchev–Trinajstić information content (AvgIpc) is 2.64. The Kier molecular flexibility index (Phi) is 2.23. The van der Waals surface area contributed by atoms with Crippen LogP contribution in [-0.2, 0) is 5.72 Å². The van der Waals surface area contributed by atoms with Crippen molar-refractivity contribution in [1.29, 1.82) is 0 Å². The van der Waals surface area contributed by atoms with Crippen molar-refractivity contribution < 1.29 is 15.1 Å². The van der Waals surface area contributed by atoms with Gasteiger partial charge < -0.3 is 5.11 Å². The molecule has 0 saturated heterocycles. The second kappa shape index (κ2) is 3.66. The fourth-order valence-electron chi connectivity index (χ4n) is 2.23. The molecule has 0 bridgehead atoms. The van der Waals surface area contributed by atoms with Gasteiger partial charge in [0, 0.05) is 11.1 Å². The molecule has 0 fully saturated rings. The molecule has 0 aromatic heterocycles. The second-order valence-electron chi connectivity index (χ2n) is 4.20. The lowest BCUT2D eigenvalue weighted by molar-refractivity contribution is -0.0152. The summed E-state index contributed by atoms with van der Waals surface area (Å²) in [6.45, 7) is 0. The number of hydroxylamine groups is 1. The molecule has 1 heterocycles. The van der Waals surface area contributed by atoms with Crippen LogP contribution < -0.4 is 5.06 Å². The van der Waals surface area contributed by atoms with E-state index < -0.39 is 11.5 Å². The third-order valence-electron chi connectivity index (χ3n) is 3.18. The zero-order valence-electron chi connectivity index (χ0n) is 9.45. The van der Waals surface area contributed by atoms with Crippen LogP contribution >= 0.6 is 0 Å². The van der Waals surface area contributed by atoms with Crippen molar-refractivity contribution in [3.8, 4) is 0 Å². The van der Waals surface area contributed by atoms with Crippen LogP contribution in [0.5, 0.6) is 0 Å². The minimum atomic E-state index is -2.04. The first-order chi connectivity index (χ1) is 8.65. The van der Waals surface area contributed by atoms with Gasteiger partial charge in [-0.2, -0.15) is 0 Å². The molecule has 4 nitrogen and oxygen atoms in total. The molecule has 90 valence electrons. The average molecular weight is 241 g/mol. The molecule has 0 saturated carbocycles. The molecule has 2 aromatic carbocycles. The predicted molar refractivity (Wildman–Crippen MR) is 65.4 cm³/mol. The van der Waals surface area contributed by atoms with Crippen molar-refractivity contribution >= 4 is 11.5 Å². The second-order valence-corrected chi connectivity index (χ2v) is 4.20. The van der Waals surface area contributed by atoms with E-state index in [2.05, 4.69) is 0 Å². The molecule has 2 N–H and O–H groups in total. The van der Waals surface area contributed by atoms with E-state index in [1.165, 1.54) is 0 Å². The summed E-state index contributed by atoms with van der Waals surface area (Å²) in [5.41, 5.74) is -1.07. The molecular weight excluding hydrogens is 230 g/mol. The number of anilines is 1. The molecule has 4 heteroatoms. The van der Waals surface area contributed by atoms with Crippen LogP contribution in [0.2, 0.25) is 0 Å². The topological polar surface area (TPSA) is 60.8 Å². The monoisotopic (exact) mass is 241 g/mol. The standard InChI is InChI=1S/C14H11NO3/c16-13-11-8-4-5-9-12(11)15(18)14(13,17)10-6-2-1-3-7-10/h1-9,17-18H. The Morgan fingerprint density at radius 1 is 0.944 bits per heavy atom. The molecule has 0 amide bonds. The first-order valence-corrected chi connectivity index (χ1v) is 5.56. The van der Waals surface area contributed by atoms with Gasteiger partial charge in [-0.3, -0.25) is 10.0 Å². The van der Waals surface area contributed by atoms with Crippen molar-refractivity contribution in [3.63, 3.8) is 0 Å². The van der Waals surface area contributed by atoms with Gasteiger partial charge in [-0.1, -0.05) is 42.5 Å². The molecule has 1 aliphatic rings. The van der Waals surface area contributed by atoms with Crippen LogP contribution in [0, 0.1) is 0 Å². The Bertz CT molecular complexity index is 611. The summed E-state index contributed by atoms with van der Waals surface area (Å²) < 4.78 is 0. The minimum Gasteiger partial charge on any atom is -0.359 e. The fraction of sp³-hybridized carbons (Fsp3) is 0.0714. The van der Waals surface area contributed by atoms with E-state index in [9.17, 15) is 15.1 Å². The Labute approximate surface area is 104 Å². The van der Waals surface area contributed by atoms with Gasteiger partial charge in [0.15, 0.2) is 0 Å². The van der Waals surface area contributed by atoms with Gasteiger partial charge in [-0.15, -0.1) is 0 Å². The molecular formula is C14H11NO3. The zero-order valence-corrected chi connectivity index (χ0v) is 9.45. The number of fused-ring (bicyclic) bond motifs is 1. The lowest BCUT2D eigenvalue weighted by Gasteiger charge is -2.28. The van der Waals surface area contributed by atoms with E-state index in [0.29, 0.717) is 21.9 Å². The van der Waals surface area contributed by atoms with Crippen LogP contribution in [0.4, 0.5) is 5.69 Å². The minimum absolute atomic E-state index is 0.311. The largest absolute Gasteiger partial charge is 0.359 e. The highest BCUT2D eigenvalue weighted by Gasteiger charge is 2.51. The Morgan fingerprint density at radius 3 is 2.22 bits per heavy atom. The van der Waals surface area contributed by atoms with Crippen molar-refractivity contribution in [2.75, 3.05) is 5.06 Å².